The number of ketones is 1. The van der Waals surface area contributed by atoms with E-state index in [9.17, 15) is 4.79 Å². The van der Waals surface area contributed by atoms with Gasteiger partial charge < -0.3 is 9.47 Å². The van der Waals surface area contributed by atoms with Crippen molar-refractivity contribution >= 4 is 5.78 Å². The molecule has 4 bridgehead atoms. The van der Waals surface area contributed by atoms with Crippen molar-refractivity contribution in [2.24, 2.45) is 29.6 Å². The lowest BCUT2D eigenvalue weighted by Crippen LogP contribution is -2.43. The average Bonchev–Trinajstić information content (AvgIpc) is 2.88. The maximum absolute atomic E-state index is 12.0. The van der Waals surface area contributed by atoms with Crippen LogP contribution in [0.3, 0.4) is 0 Å². The van der Waals surface area contributed by atoms with Crippen LogP contribution < -0.4 is 0 Å². The van der Waals surface area contributed by atoms with E-state index in [4.69, 9.17) is 9.47 Å². The molecule has 0 aromatic rings. The third kappa shape index (κ3) is 0.980. The van der Waals surface area contributed by atoms with Crippen molar-refractivity contribution in [2.75, 3.05) is 13.2 Å². The van der Waals surface area contributed by atoms with Gasteiger partial charge >= 0.3 is 0 Å². The number of ether oxygens (including phenoxy) is 2. The zero-order valence-corrected chi connectivity index (χ0v) is 8.91. The molecule has 1 saturated heterocycles. The minimum Gasteiger partial charge on any atom is -0.350 e. The Morgan fingerprint density at radius 1 is 0.938 bits per heavy atom. The van der Waals surface area contributed by atoms with Gasteiger partial charge in [-0.05, 0) is 11.8 Å². The number of hydrogen-bond acceptors (Lipinski definition) is 3. The summed E-state index contributed by atoms with van der Waals surface area (Å²) in [6, 6.07) is 0. The Labute approximate surface area is 94.1 Å². The lowest BCUT2D eigenvalue weighted by atomic mass is 9.69. The number of allylic oxidation sites excluding steroid dienone is 4. The molecule has 3 aliphatic carbocycles. The fourth-order valence-corrected chi connectivity index (χ4v) is 3.74. The molecule has 0 aromatic heterocycles. The molecule has 4 aliphatic rings. The molecule has 4 unspecified atom stereocenters. The van der Waals surface area contributed by atoms with Crippen molar-refractivity contribution in [1.82, 2.24) is 0 Å². The van der Waals surface area contributed by atoms with Gasteiger partial charge in [0.2, 0.25) is 0 Å². The first-order valence-corrected chi connectivity index (χ1v) is 6.00. The van der Waals surface area contributed by atoms with Crippen LogP contribution in [-0.4, -0.2) is 25.3 Å². The first-order valence-electron chi connectivity index (χ1n) is 6.00. The van der Waals surface area contributed by atoms with Crippen LogP contribution in [0.25, 0.3) is 0 Å². The molecular weight excluding hydrogens is 204 g/mol. The Kier molecular flexibility index (Phi) is 1.74. The third-order valence-corrected chi connectivity index (χ3v) is 4.42. The monoisotopic (exact) mass is 218 g/mol. The van der Waals surface area contributed by atoms with E-state index in [0.717, 1.165) is 0 Å². The van der Waals surface area contributed by atoms with Crippen LogP contribution in [-0.2, 0) is 14.3 Å². The van der Waals surface area contributed by atoms with E-state index in [-0.39, 0.29) is 18.1 Å². The van der Waals surface area contributed by atoms with Gasteiger partial charge in [-0.2, -0.15) is 0 Å². The third-order valence-electron chi connectivity index (χ3n) is 4.42. The van der Waals surface area contributed by atoms with Crippen molar-refractivity contribution in [3.8, 4) is 0 Å². The van der Waals surface area contributed by atoms with E-state index >= 15 is 0 Å². The van der Waals surface area contributed by atoms with Crippen LogP contribution in [0, 0.1) is 29.6 Å². The Bertz CT molecular complexity index is 366. The highest BCUT2D eigenvalue weighted by molar-refractivity contribution is 5.91. The fourth-order valence-electron chi connectivity index (χ4n) is 3.74. The predicted molar refractivity (Wildman–Crippen MR) is 56.4 cm³/mol. The molecule has 1 heterocycles. The maximum Gasteiger partial charge on any atom is 0.161 e. The van der Waals surface area contributed by atoms with Crippen molar-refractivity contribution in [3.63, 3.8) is 0 Å². The highest BCUT2D eigenvalue weighted by Crippen LogP contribution is 2.52. The fraction of sp³-hybridized carbons (Fsp3) is 0.615. The molecule has 84 valence electrons. The summed E-state index contributed by atoms with van der Waals surface area (Å²) in [6.45, 7) is 1.38. The predicted octanol–water partition coefficient (Wildman–Crippen LogP) is 1.16. The molecule has 0 aromatic carbocycles. The van der Waals surface area contributed by atoms with E-state index < -0.39 is 0 Å². The van der Waals surface area contributed by atoms with Crippen LogP contribution in [0.2, 0.25) is 0 Å². The highest BCUT2D eigenvalue weighted by Gasteiger charge is 2.55. The van der Waals surface area contributed by atoms with Gasteiger partial charge in [-0.25, -0.2) is 0 Å². The smallest absolute Gasteiger partial charge is 0.161 e. The van der Waals surface area contributed by atoms with Gasteiger partial charge in [0.1, 0.15) is 5.78 Å². The second-order valence-corrected chi connectivity index (χ2v) is 5.07. The average molecular weight is 218 g/mol. The summed E-state index contributed by atoms with van der Waals surface area (Å²) in [7, 11) is 0. The Morgan fingerprint density at radius 3 is 2.06 bits per heavy atom. The molecule has 4 rings (SSSR count). The van der Waals surface area contributed by atoms with Gasteiger partial charge in [0.25, 0.3) is 0 Å². The number of fused-ring (bicyclic) bond motifs is 6. The van der Waals surface area contributed by atoms with Crippen LogP contribution in [0.5, 0.6) is 0 Å². The maximum atomic E-state index is 12.0. The Balaban J connectivity index is 1.71. The molecule has 3 nitrogen and oxygen atoms in total. The van der Waals surface area contributed by atoms with Gasteiger partial charge in [-0.3, -0.25) is 4.79 Å². The molecule has 0 amide bonds. The number of Topliss-reactive ketones (excluding diaryl/α,β-unsaturated/α-hetero) is 1. The second kappa shape index (κ2) is 3.05. The summed E-state index contributed by atoms with van der Waals surface area (Å²) in [5, 5.41) is 0. The normalized spacial score (nSPS) is 49.5. The second-order valence-electron chi connectivity index (χ2n) is 5.07. The zero-order chi connectivity index (χ0) is 10.7. The quantitative estimate of drug-likeness (QED) is 0.620. The summed E-state index contributed by atoms with van der Waals surface area (Å²) in [5.41, 5.74) is 0. The topological polar surface area (TPSA) is 35.5 Å². The Hall–Kier alpha value is -0.930. The van der Waals surface area contributed by atoms with E-state index in [1.54, 1.807) is 0 Å². The minimum absolute atomic E-state index is 0.0813. The lowest BCUT2D eigenvalue weighted by Gasteiger charge is -2.37. The summed E-state index contributed by atoms with van der Waals surface area (Å²) in [4.78, 5) is 12.0. The highest BCUT2D eigenvalue weighted by atomic mass is 16.7. The van der Waals surface area contributed by atoms with Crippen molar-refractivity contribution in [2.45, 2.75) is 6.29 Å². The molecule has 3 heteroatoms. The van der Waals surface area contributed by atoms with Gasteiger partial charge in [0.15, 0.2) is 6.29 Å². The first-order chi connectivity index (χ1) is 7.86. The van der Waals surface area contributed by atoms with Gasteiger partial charge in [0, 0.05) is 17.8 Å². The lowest BCUT2D eigenvalue weighted by molar-refractivity contribution is -0.143. The molecular formula is C13H14O3. The van der Waals surface area contributed by atoms with E-state index in [2.05, 4.69) is 24.3 Å². The molecule has 2 fully saturated rings. The Morgan fingerprint density at radius 2 is 1.50 bits per heavy atom. The van der Waals surface area contributed by atoms with Crippen LogP contribution in [0.4, 0.5) is 0 Å². The number of carbonyl (C=O) groups excluding carboxylic acids is 1. The zero-order valence-electron chi connectivity index (χ0n) is 8.91. The molecule has 1 aliphatic heterocycles. The molecule has 1 saturated carbocycles. The van der Waals surface area contributed by atoms with E-state index in [1.165, 1.54) is 0 Å². The molecule has 16 heavy (non-hydrogen) atoms. The minimum atomic E-state index is -0.0944. The van der Waals surface area contributed by atoms with Crippen molar-refractivity contribution in [3.05, 3.63) is 24.3 Å². The van der Waals surface area contributed by atoms with Crippen LogP contribution in [0.15, 0.2) is 24.3 Å². The van der Waals surface area contributed by atoms with Crippen LogP contribution in [0.1, 0.15) is 0 Å². The number of carbonyl (C=O) groups is 1. The number of rotatable bonds is 1. The van der Waals surface area contributed by atoms with Gasteiger partial charge in [0.05, 0.1) is 13.2 Å². The molecule has 0 radical (unpaired) electrons. The molecule has 4 atom stereocenters. The summed E-state index contributed by atoms with van der Waals surface area (Å²) in [5.74, 6) is 1.52. The standard InChI is InChI=1S/C13H14O3/c14-12-9-3-4-10(12)8-2-1-7(9)11(8)13-15-5-6-16-13/h1-4,7-11,13H,5-6H2. The summed E-state index contributed by atoms with van der Waals surface area (Å²) >= 11 is 0. The van der Waals surface area contributed by atoms with Crippen LogP contribution >= 0.6 is 0 Å². The van der Waals surface area contributed by atoms with Crippen molar-refractivity contribution < 1.29 is 14.3 Å². The SMILES string of the molecule is O=C1C2C=CC1C1C=CC2C1C1OCCO1. The van der Waals surface area contributed by atoms with Gasteiger partial charge in [-0.15, -0.1) is 0 Å². The number of hydrogen-bond donors (Lipinski definition) is 0. The first kappa shape index (κ1) is 9.14. The molecule has 0 spiro atoms. The van der Waals surface area contributed by atoms with Gasteiger partial charge in [-0.1, -0.05) is 24.3 Å². The van der Waals surface area contributed by atoms with Crippen molar-refractivity contribution in [1.29, 1.82) is 0 Å². The van der Waals surface area contributed by atoms with E-state index in [1.807, 2.05) is 0 Å². The largest absolute Gasteiger partial charge is 0.350 e. The summed E-state index contributed by atoms with van der Waals surface area (Å²) < 4.78 is 11.3. The summed E-state index contributed by atoms with van der Waals surface area (Å²) in [6.07, 6.45) is 8.48. The molecule has 0 N–H and O–H groups in total. The van der Waals surface area contributed by atoms with E-state index in [0.29, 0.717) is 36.8 Å².